The van der Waals surface area contributed by atoms with E-state index in [1.807, 2.05) is 34.8 Å². The molecule has 4 rings (SSSR count). The third-order valence-electron chi connectivity index (χ3n) is 3.52. The lowest BCUT2D eigenvalue weighted by molar-refractivity contribution is 0.990. The van der Waals surface area contributed by atoms with Gasteiger partial charge in [0.1, 0.15) is 10.5 Å². The molecule has 2 aromatic carbocycles. The summed E-state index contributed by atoms with van der Waals surface area (Å²) in [5.41, 5.74) is 4.24. The molecule has 0 fully saturated rings. The second-order valence-corrected chi connectivity index (χ2v) is 7.13. The van der Waals surface area contributed by atoms with E-state index in [0.717, 1.165) is 36.7 Å². The van der Waals surface area contributed by atoms with Gasteiger partial charge in [0, 0.05) is 21.0 Å². The summed E-state index contributed by atoms with van der Waals surface area (Å²) in [6.45, 7) is 0. The molecule has 2 nitrogen and oxygen atoms in total. The first kappa shape index (κ1) is 14.1. The molecule has 0 bridgehead atoms. The van der Waals surface area contributed by atoms with Crippen LogP contribution in [0.2, 0.25) is 0 Å². The number of aromatic nitrogens is 2. The smallest absolute Gasteiger partial charge is 0.134 e. The second kappa shape index (κ2) is 5.57. The summed E-state index contributed by atoms with van der Waals surface area (Å²) >= 11 is 9.83. The van der Waals surface area contributed by atoms with E-state index in [2.05, 4.69) is 45.6 Å². The molecule has 2 aromatic heterocycles. The Morgan fingerprint density at radius 3 is 2.41 bits per heavy atom. The third kappa shape index (κ3) is 2.29. The van der Waals surface area contributed by atoms with Crippen molar-refractivity contribution in [1.29, 1.82) is 0 Å². The zero-order valence-electron chi connectivity index (χ0n) is 11.4. The van der Waals surface area contributed by atoms with Gasteiger partial charge in [0.2, 0.25) is 0 Å². The number of rotatable bonds is 2. The molecule has 0 amide bonds. The van der Waals surface area contributed by atoms with Gasteiger partial charge in [0.05, 0.1) is 10.6 Å². The fourth-order valence-corrected chi connectivity index (χ4v) is 4.02. The van der Waals surface area contributed by atoms with Crippen molar-refractivity contribution in [2.24, 2.45) is 0 Å². The Hall–Kier alpha value is -1.56. The molecule has 0 aliphatic heterocycles. The summed E-state index contributed by atoms with van der Waals surface area (Å²) in [7, 11) is 0. The molecule has 22 heavy (non-hydrogen) atoms. The minimum absolute atomic E-state index is 0.917. The first-order chi connectivity index (χ1) is 10.7. The van der Waals surface area contributed by atoms with Crippen LogP contribution in [-0.4, -0.2) is 9.61 Å². The lowest BCUT2D eigenvalue weighted by Gasteiger charge is -1.99. The SMILES string of the molecule is Sc1c(-c2ccc(Br)cc2)nn2c(-c3ccccc3)csc12. The van der Waals surface area contributed by atoms with E-state index in [1.165, 1.54) is 0 Å². The molecule has 0 aliphatic carbocycles. The fourth-order valence-electron chi connectivity index (χ4n) is 2.43. The normalized spacial score (nSPS) is 11.2. The van der Waals surface area contributed by atoms with Crippen molar-refractivity contribution in [3.8, 4) is 22.5 Å². The van der Waals surface area contributed by atoms with Crippen LogP contribution >= 0.6 is 39.9 Å². The monoisotopic (exact) mass is 386 g/mol. The van der Waals surface area contributed by atoms with E-state index in [1.54, 1.807) is 11.3 Å². The number of halogens is 1. The number of nitrogens with zero attached hydrogens (tertiary/aromatic N) is 2. The van der Waals surface area contributed by atoms with E-state index < -0.39 is 0 Å². The number of fused-ring (bicyclic) bond motifs is 1. The van der Waals surface area contributed by atoms with Crippen LogP contribution in [0.4, 0.5) is 0 Å². The molecule has 2 heterocycles. The highest BCUT2D eigenvalue weighted by atomic mass is 79.9. The second-order valence-electron chi connectivity index (χ2n) is 4.91. The van der Waals surface area contributed by atoms with Crippen LogP contribution in [0.3, 0.4) is 0 Å². The highest BCUT2D eigenvalue weighted by Gasteiger charge is 2.16. The number of thiol groups is 1. The maximum atomic E-state index is 4.78. The first-order valence-corrected chi connectivity index (χ1v) is 8.86. The zero-order chi connectivity index (χ0) is 15.1. The van der Waals surface area contributed by atoms with Crippen molar-refractivity contribution in [1.82, 2.24) is 9.61 Å². The van der Waals surface area contributed by atoms with Gasteiger partial charge in [-0.05, 0) is 12.1 Å². The number of hydrogen-bond donors (Lipinski definition) is 1. The molecule has 0 radical (unpaired) electrons. The highest BCUT2D eigenvalue weighted by Crippen LogP contribution is 2.36. The predicted octanol–water partition coefficient (Wildman–Crippen LogP) is 5.78. The molecule has 0 unspecified atom stereocenters. The average molecular weight is 387 g/mol. The predicted molar refractivity (Wildman–Crippen MR) is 98.9 cm³/mol. The summed E-state index contributed by atoms with van der Waals surface area (Å²) in [5.74, 6) is 0. The summed E-state index contributed by atoms with van der Waals surface area (Å²) in [6, 6.07) is 18.5. The van der Waals surface area contributed by atoms with E-state index >= 15 is 0 Å². The van der Waals surface area contributed by atoms with E-state index in [4.69, 9.17) is 17.7 Å². The minimum atomic E-state index is 0.917. The molecule has 5 heteroatoms. The van der Waals surface area contributed by atoms with Gasteiger partial charge in [-0.15, -0.1) is 24.0 Å². The van der Waals surface area contributed by atoms with Crippen molar-refractivity contribution in [3.63, 3.8) is 0 Å². The van der Waals surface area contributed by atoms with Crippen LogP contribution < -0.4 is 0 Å². The van der Waals surface area contributed by atoms with Crippen LogP contribution in [0.5, 0.6) is 0 Å². The molecule has 0 atom stereocenters. The molecule has 0 spiro atoms. The van der Waals surface area contributed by atoms with Crippen LogP contribution in [0.1, 0.15) is 0 Å². The van der Waals surface area contributed by atoms with Gasteiger partial charge >= 0.3 is 0 Å². The summed E-state index contributed by atoms with van der Waals surface area (Å²) < 4.78 is 3.04. The fraction of sp³-hybridized carbons (Fsp3) is 0. The summed E-state index contributed by atoms with van der Waals surface area (Å²) in [4.78, 5) is 2.00. The number of hydrogen-bond acceptors (Lipinski definition) is 3. The molecule has 0 saturated heterocycles. The molecule has 0 saturated carbocycles. The molecular weight excluding hydrogens is 376 g/mol. The van der Waals surface area contributed by atoms with Crippen molar-refractivity contribution in [3.05, 3.63) is 64.5 Å². The Morgan fingerprint density at radius 2 is 1.68 bits per heavy atom. The van der Waals surface area contributed by atoms with Gasteiger partial charge < -0.3 is 0 Å². The molecule has 0 N–H and O–H groups in total. The van der Waals surface area contributed by atoms with Crippen LogP contribution in [0.25, 0.3) is 27.3 Å². The van der Waals surface area contributed by atoms with Crippen molar-refractivity contribution >= 4 is 44.7 Å². The number of benzene rings is 2. The quantitative estimate of drug-likeness (QED) is 0.432. The first-order valence-electron chi connectivity index (χ1n) is 6.74. The zero-order valence-corrected chi connectivity index (χ0v) is 14.7. The lowest BCUT2D eigenvalue weighted by atomic mass is 10.2. The Labute approximate surface area is 146 Å². The van der Waals surface area contributed by atoms with Gasteiger partial charge in [-0.1, -0.05) is 58.4 Å². The van der Waals surface area contributed by atoms with E-state index in [9.17, 15) is 0 Å². The number of thiazole rings is 1. The van der Waals surface area contributed by atoms with Crippen LogP contribution in [0, 0.1) is 0 Å². The molecular formula is C17H11BrN2S2. The Bertz CT molecular complexity index is 940. The standard InChI is InChI=1S/C17H11BrN2S2/c18-13-8-6-12(7-9-13)15-16(21)17-20(19-15)14(10-22-17)11-4-2-1-3-5-11/h1-10,21H. The van der Waals surface area contributed by atoms with Gasteiger partial charge in [0.25, 0.3) is 0 Å². The minimum Gasteiger partial charge on any atom is -0.220 e. The van der Waals surface area contributed by atoms with Crippen molar-refractivity contribution < 1.29 is 0 Å². The van der Waals surface area contributed by atoms with Gasteiger partial charge in [0.15, 0.2) is 0 Å². The van der Waals surface area contributed by atoms with E-state index in [-0.39, 0.29) is 0 Å². The maximum absolute atomic E-state index is 4.78. The Balaban J connectivity index is 1.91. The van der Waals surface area contributed by atoms with Crippen LogP contribution in [-0.2, 0) is 0 Å². The van der Waals surface area contributed by atoms with Crippen molar-refractivity contribution in [2.75, 3.05) is 0 Å². The summed E-state index contributed by atoms with van der Waals surface area (Å²) in [5, 5.41) is 6.91. The topological polar surface area (TPSA) is 17.3 Å². The Morgan fingerprint density at radius 1 is 0.955 bits per heavy atom. The third-order valence-corrected chi connectivity index (χ3v) is 5.56. The lowest BCUT2D eigenvalue weighted by Crippen LogP contribution is -1.88. The van der Waals surface area contributed by atoms with E-state index in [0.29, 0.717) is 0 Å². The van der Waals surface area contributed by atoms with Gasteiger partial charge in [-0.25, -0.2) is 4.52 Å². The largest absolute Gasteiger partial charge is 0.220 e. The van der Waals surface area contributed by atoms with Crippen molar-refractivity contribution in [2.45, 2.75) is 4.90 Å². The molecule has 4 aromatic rings. The molecule has 108 valence electrons. The van der Waals surface area contributed by atoms with Crippen LogP contribution in [0.15, 0.2) is 69.3 Å². The highest BCUT2D eigenvalue weighted by molar-refractivity contribution is 9.10. The molecule has 0 aliphatic rings. The summed E-state index contributed by atoms with van der Waals surface area (Å²) in [6.07, 6.45) is 0. The Kier molecular flexibility index (Phi) is 3.56. The maximum Gasteiger partial charge on any atom is 0.134 e. The van der Waals surface area contributed by atoms with Gasteiger partial charge in [-0.3, -0.25) is 0 Å². The average Bonchev–Trinajstić information content (AvgIpc) is 3.10. The van der Waals surface area contributed by atoms with Gasteiger partial charge in [-0.2, -0.15) is 5.10 Å².